The van der Waals surface area contributed by atoms with Crippen LogP contribution in [0.4, 0.5) is 5.69 Å². The zero-order chi connectivity index (χ0) is 15.6. The van der Waals surface area contributed by atoms with Crippen LogP contribution in [0.2, 0.25) is 0 Å². The van der Waals surface area contributed by atoms with Crippen molar-refractivity contribution in [1.29, 1.82) is 0 Å². The third kappa shape index (κ3) is 2.64. The number of rotatable bonds is 3. The molecule has 0 unspecified atom stereocenters. The molecule has 0 saturated heterocycles. The summed E-state index contributed by atoms with van der Waals surface area (Å²) < 4.78 is 0. The van der Waals surface area contributed by atoms with Gasteiger partial charge in [0.1, 0.15) is 0 Å². The van der Waals surface area contributed by atoms with Crippen molar-refractivity contribution in [2.45, 2.75) is 27.7 Å². The molecule has 3 N–H and O–H groups in total. The number of aromatic carboxylic acids is 1. The molecule has 20 heavy (non-hydrogen) atoms. The minimum atomic E-state index is -1.13. The highest BCUT2D eigenvalue weighted by Crippen LogP contribution is 2.31. The lowest BCUT2D eigenvalue weighted by atomic mass is 9.90. The Morgan fingerprint density at radius 1 is 0.950 bits per heavy atom. The van der Waals surface area contributed by atoms with Gasteiger partial charge in [-0.25, -0.2) is 4.79 Å². The highest BCUT2D eigenvalue weighted by molar-refractivity contribution is 6.05. The SMILES string of the molecule is CNC(=O)c1c(C)c(NC(C)=O)c(C)c(C(=O)O)c1C. The van der Waals surface area contributed by atoms with Gasteiger partial charge in [0.25, 0.3) is 5.91 Å². The Kier molecular flexibility index (Phi) is 4.49. The number of hydrogen-bond donors (Lipinski definition) is 3. The predicted molar refractivity (Wildman–Crippen MR) is 75.3 cm³/mol. The molecule has 0 saturated carbocycles. The normalized spacial score (nSPS) is 10.1. The Bertz CT molecular complexity index is 606. The van der Waals surface area contributed by atoms with E-state index in [0.29, 0.717) is 22.4 Å². The molecule has 0 radical (unpaired) electrons. The first-order valence-corrected chi connectivity index (χ1v) is 6.09. The summed E-state index contributed by atoms with van der Waals surface area (Å²) in [6.07, 6.45) is 0. The van der Waals surface area contributed by atoms with Crippen LogP contribution >= 0.6 is 0 Å². The zero-order valence-electron chi connectivity index (χ0n) is 12.2. The summed E-state index contributed by atoms with van der Waals surface area (Å²) in [5, 5.41) is 14.4. The summed E-state index contributed by atoms with van der Waals surface area (Å²) in [7, 11) is 1.47. The standard InChI is InChI=1S/C14H18N2O4/c1-6-10(13(18)15-5)7(2)12(16-9(4)17)8(3)11(6)14(19)20/h1-5H3,(H,15,18)(H,16,17)(H,19,20). The fraction of sp³-hybridized carbons (Fsp3) is 0.357. The topological polar surface area (TPSA) is 95.5 Å². The average molecular weight is 278 g/mol. The Hall–Kier alpha value is -2.37. The fourth-order valence-corrected chi connectivity index (χ4v) is 2.37. The smallest absolute Gasteiger partial charge is 0.336 e. The van der Waals surface area contributed by atoms with Gasteiger partial charge in [0.05, 0.1) is 5.56 Å². The molecule has 0 heterocycles. The molecule has 0 aliphatic rings. The van der Waals surface area contributed by atoms with E-state index < -0.39 is 5.97 Å². The molecule has 0 aliphatic carbocycles. The molecule has 2 amide bonds. The van der Waals surface area contributed by atoms with E-state index in [1.807, 2.05) is 0 Å². The monoisotopic (exact) mass is 278 g/mol. The summed E-state index contributed by atoms with van der Waals surface area (Å²) in [4.78, 5) is 34.6. The maximum Gasteiger partial charge on any atom is 0.336 e. The Labute approximate surface area is 117 Å². The van der Waals surface area contributed by atoms with Crippen LogP contribution in [-0.4, -0.2) is 29.9 Å². The summed E-state index contributed by atoms with van der Waals surface area (Å²) in [6, 6.07) is 0. The largest absolute Gasteiger partial charge is 0.478 e. The van der Waals surface area contributed by atoms with Crippen molar-refractivity contribution in [2.75, 3.05) is 12.4 Å². The number of hydrogen-bond acceptors (Lipinski definition) is 3. The van der Waals surface area contributed by atoms with E-state index in [1.165, 1.54) is 14.0 Å². The molecule has 0 atom stereocenters. The first-order chi connectivity index (χ1) is 9.22. The molecule has 1 aromatic rings. The molecule has 1 rings (SSSR count). The van der Waals surface area contributed by atoms with Crippen LogP contribution in [0.3, 0.4) is 0 Å². The third-order valence-electron chi connectivity index (χ3n) is 3.22. The molecule has 0 fully saturated rings. The van der Waals surface area contributed by atoms with E-state index in [4.69, 9.17) is 0 Å². The number of carbonyl (C=O) groups excluding carboxylic acids is 2. The van der Waals surface area contributed by atoms with Gasteiger partial charge in [0.15, 0.2) is 0 Å². The molecular weight excluding hydrogens is 260 g/mol. The highest BCUT2D eigenvalue weighted by atomic mass is 16.4. The second-order valence-corrected chi connectivity index (χ2v) is 4.57. The van der Waals surface area contributed by atoms with Crippen molar-refractivity contribution in [3.8, 4) is 0 Å². The van der Waals surface area contributed by atoms with E-state index >= 15 is 0 Å². The van der Waals surface area contributed by atoms with Gasteiger partial charge in [-0.3, -0.25) is 9.59 Å². The highest BCUT2D eigenvalue weighted by Gasteiger charge is 2.24. The number of benzene rings is 1. The minimum absolute atomic E-state index is 0.0398. The molecule has 0 bridgehead atoms. The van der Waals surface area contributed by atoms with Gasteiger partial charge < -0.3 is 15.7 Å². The van der Waals surface area contributed by atoms with Gasteiger partial charge in [-0.15, -0.1) is 0 Å². The first kappa shape index (κ1) is 15.7. The predicted octanol–water partition coefficient (Wildman–Crippen LogP) is 1.63. The first-order valence-electron chi connectivity index (χ1n) is 6.09. The number of amides is 2. The van der Waals surface area contributed by atoms with Crippen molar-refractivity contribution >= 4 is 23.5 Å². The van der Waals surface area contributed by atoms with Crippen LogP contribution in [-0.2, 0) is 4.79 Å². The van der Waals surface area contributed by atoms with Crippen molar-refractivity contribution in [2.24, 2.45) is 0 Å². The Morgan fingerprint density at radius 3 is 1.85 bits per heavy atom. The second-order valence-electron chi connectivity index (χ2n) is 4.57. The lowest BCUT2D eigenvalue weighted by Gasteiger charge is -2.19. The van der Waals surface area contributed by atoms with E-state index in [1.54, 1.807) is 20.8 Å². The lowest BCUT2D eigenvalue weighted by Crippen LogP contribution is -2.24. The summed E-state index contributed by atoms with van der Waals surface area (Å²) in [5.74, 6) is -1.83. The molecular formula is C14H18N2O4. The van der Waals surface area contributed by atoms with Crippen LogP contribution in [0.15, 0.2) is 0 Å². The van der Waals surface area contributed by atoms with Crippen molar-refractivity contribution in [1.82, 2.24) is 5.32 Å². The van der Waals surface area contributed by atoms with Crippen LogP contribution in [0.1, 0.15) is 44.3 Å². The quantitative estimate of drug-likeness (QED) is 0.783. The number of nitrogens with one attached hydrogen (secondary N) is 2. The van der Waals surface area contributed by atoms with E-state index in [2.05, 4.69) is 10.6 Å². The number of carbonyl (C=O) groups is 3. The van der Waals surface area contributed by atoms with Crippen molar-refractivity contribution < 1.29 is 19.5 Å². The van der Waals surface area contributed by atoms with Gasteiger partial charge in [0, 0.05) is 25.2 Å². The van der Waals surface area contributed by atoms with Crippen LogP contribution < -0.4 is 10.6 Å². The van der Waals surface area contributed by atoms with E-state index in [9.17, 15) is 19.5 Å². The van der Waals surface area contributed by atoms with Crippen LogP contribution in [0.25, 0.3) is 0 Å². The average Bonchev–Trinajstić information content (AvgIpc) is 2.33. The lowest BCUT2D eigenvalue weighted by molar-refractivity contribution is -0.114. The van der Waals surface area contributed by atoms with Gasteiger partial charge in [-0.1, -0.05) is 0 Å². The van der Waals surface area contributed by atoms with Crippen LogP contribution in [0.5, 0.6) is 0 Å². The molecule has 0 spiro atoms. The van der Waals surface area contributed by atoms with Crippen molar-refractivity contribution in [3.05, 3.63) is 27.8 Å². The summed E-state index contributed by atoms with van der Waals surface area (Å²) >= 11 is 0. The molecule has 108 valence electrons. The Morgan fingerprint density at radius 2 is 1.45 bits per heavy atom. The van der Waals surface area contributed by atoms with Crippen molar-refractivity contribution in [3.63, 3.8) is 0 Å². The molecule has 6 nitrogen and oxygen atoms in total. The zero-order valence-corrected chi connectivity index (χ0v) is 12.2. The molecule has 0 aliphatic heterocycles. The van der Waals surface area contributed by atoms with Gasteiger partial charge >= 0.3 is 5.97 Å². The van der Waals surface area contributed by atoms with Crippen LogP contribution in [0, 0.1) is 20.8 Å². The Balaban J connectivity index is 3.78. The maximum absolute atomic E-state index is 12.0. The second kappa shape index (κ2) is 5.73. The number of carboxylic acid groups (broad SMARTS) is 1. The van der Waals surface area contributed by atoms with E-state index in [-0.39, 0.29) is 22.9 Å². The molecule has 6 heteroatoms. The van der Waals surface area contributed by atoms with Gasteiger partial charge in [-0.05, 0) is 37.5 Å². The van der Waals surface area contributed by atoms with Gasteiger partial charge in [-0.2, -0.15) is 0 Å². The molecule has 1 aromatic carbocycles. The summed E-state index contributed by atoms with van der Waals surface area (Å²) in [6.45, 7) is 6.22. The number of carboxylic acids is 1. The fourth-order valence-electron chi connectivity index (χ4n) is 2.37. The third-order valence-corrected chi connectivity index (χ3v) is 3.22. The van der Waals surface area contributed by atoms with Gasteiger partial charge in [0.2, 0.25) is 5.91 Å². The molecule has 0 aromatic heterocycles. The number of anilines is 1. The minimum Gasteiger partial charge on any atom is -0.478 e. The maximum atomic E-state index is 12.0. The van der Waals surface area contributed by atoms with E-state index in [0.717, 1.165) is 0 Å². The summed E-state index contributed by atoms with van der Waals surface area (Å²) in [5.41, 5.74) is 2.08.